The number of rotatable bonds is 1. The summed E-state index contributed by atoms with van der Waals surface area (Å²) in [5, 5.41) is 5.91. The van der Waals surface area contributed by atoms with Crippen LogP contribution in [0, 0.1) is 0 Å². The van der Waals surface area contributed by atoms with E-state index in [4.69, 9.17) is 0 Å². The molecule has 1 heterocycles. The lowest BCUT2D eigenvalue weighted by atomic mass is 10.3. The third-order valence-corrected chi connectivity index (χ3v) is 2.32. The van der Waals surface area contributed by atoms with Crippen LogP contribution < -0.4 is 10.5 Å². The fourth-order valence-electron chi connectivity index (χ4n) is 0.534. The first-order chi connectivity index (χ1) is 4.02. The summed E-state index contributed by atoms with van der Waals surface area (Å²) < 4.78 is 20.7. The summed E-state index contributed by atoms with van der Waals surface area (Å²) in [6.07, 6.45) is 0. The first-order valence-corrected chi connectivity index (χ1v) is 3.92. The molecule has 0 bridgehead atoms. The van der Waals surface area contributed by atoms with Crippen molar-refractivity contribution in [2.45, 2.75) is 5.25 Å². The van der Waals surface area contributed by atoms with Crippen molar-refractivity contribution in [1.82, 2.24) is 5.32 Å². The van der Waals surface area contributed by atoms with Gasteiger partial charge in [-0.05, 0) is 0 Å². The number of nitrogens with two attached hydrogens (primary N) is 1. The first-order valence-electron chi connectivity index (χ1n) is 2.31. The zero-order valence-corrected chi connectivity index (χ0v) is 5.31. The molecule has 0 aromatic rings. The summed E-state index contributed by atoms with van der Waals surface area (Å²) in [6.45, 7) is 0.150. The van der Waals surface area contributed by atoms with Crippen LogP contribution in [0.5, 0.6) is 0 Å². The molecule has 1 unspecified atom stereocenters. The Labute approximate surface area is 52.3 Å². The molecule has 0 radical (unpaired) electrons. The number of nitrogens with one attached hydrogen (secondary N) is 1. The van der Waals surface area contributed by atoms with E-state index in [0.29, 0.717) is 0 Å². The Morgan fingerprint density at radius 1 is 1.67 bits per heavy atom. The van der Waals surface area contributed by atoms with Crippen molar-refractivity contribution < 1.29 is 13.2 Å². The number of amides is 1. The number of primary sulfonamides is 1. The number of carbonyl (C=O) groups excluding carboxylic acids is 1. The number of hydrogen-bond donors (Lipinski definition) is 2. The van der Waals surface area contributed by atoms with Crippen molar-refractivity contribution in [3.63, 3.8) is 0 Å². The van der Waals surface area contributed by atoms with Crippen molar-refractivity contribution in [2.75, 3.05) is 6.54 Å². The van der Waals surface area contributed by atoms with E-state index in [1.54, 1.807) is 0 Å². The van der Waals surface area contributed by atoms with Crippen LogP contribution in [0.3, 0.4) is 0 Å². The van der Waals surface area contributed by atoms with E-state index in [1.807, 2.05) is 0 Å². The average Bonchev–Trinajstić information content (AvgIpc) is 1.57. The van der Waals surface area contributed by atoms with E-state index in [1.165, 1.54) is 0 Å². The lowest BCUT2D eigenvalue weighted by Gasteiger charge is -2.22. The minimum absolute atomic E-state index is 0.150. The monoisotopic (exact) mass is 150 g/mol. The second-order valence-corrected chi connectivity index (χ2v) is 3.57. The van der Waals surface area contributed by atoms with Gasteiger partial charge in [-0.1, -0.05) is 0 Å². The Kier molecular flexibility index (Phi) is 1.21. The zero-order valence-electron chi connectivity index (χ0n) is 4.49. The second kappa shape index (κ2) is 1.68. The van der Waals surface area contributed by atoms with Gasteiger partial charge in [0.05, 0.1) is 0 Å². The van der Waals surface area contributed by atoms with E-state index >= 15 is 0 Å². The van der Waals surface area contributed by atoms with Crippen LogP contribution in [-0.2, 0) is 14.8 Å². The molecule has 3 N–H and O–H groups in total. The summed E-state index contributed by atoms with van der Waals surface area (Å²) in [7, 11) is -3.63. The van der Waals surface area contributed by atoms with Crippen molar-refractivity contribution in [2.24, 2.45) is 5.14 Å². The van der Waals surface area contributed by atoms with Crippen LogP contribution in [0.2, 0.25) is 0 Å². The van der Waals surface area contributed by atoms with Gasteiger partial charge in [0, 0.05) is 6.54 Å². The van der Waals surface area contributed by atoms with Gasteiger partial charge in [0.25, 0.3) is 0 Å². The van der Waals surface area contributed by atoms with Gasteiger partial charge in [-0.2, -0.15) is 0 Å². The summed E-state index contributed by atoms with van der Waals surface area (Å²) >= 11 is 0. The summed E-state index contributed by atoms with van der Waals surface area (Å²) in [5.41, 5.74) is 0. The van der Waals surface area contributed by atoms with Crippen LogP contribution >= 0.6 is 0 Å². The second-order valence-electron chi connectivity index (χ2n) is 1.82. The average molecular weight is 150 g/mol. The van der Waals surface area contributed by atoms with Crippen molar-refractivity contribution >= 4 is 15.9 Å². The SMILES string of the molecule is NS(=O)(=O)C1CNC1=O. The van der Waals surface area contributed by atoms with Gasteiger partial charge in [0.2, 0.25) is 15.9 Å². The standard InChI is InChI=1S/C3H6N2O3S/c4-9(7,8)2-1-5-3(2)6/h2H,1H2,(H,5,6)(H2,4,7,8). The van der Waals surface area contributed by atoms with E-state index < -0.39 is 21.2 Å². The number of hydrogen-bond acceptors (Lipinski definition) is 3. The fraction of sp³-hybridized carbons (Fsp3) is 0.667. The molecule has 1 fully saturated rings. The molecule has 1 rings (SSSR count). The topological polar surface area (TPSA) is 89.3 Å². The molecule has 0 aliphatic carbocycles. The molecule has 1 amide bonds. The highest BCUT2D eigenvalue weighted by molar-refractivity contribution is 7.90. The van der Waals surface area contributed by atoms with Gasteiger partial charge in [0.15, 0.2) is 5.25 Å². The third-order valence-electron chi connectivity index (χ3n) is 1.15. The Balaban J connectivity index is 2.77. The molecule has 0 aromatic carbocycles. The first kappa shape index (κ1) is 6.50. The molecule has 5 nitrogen and oxygen atoms in total. The molecule has 52 valence electrons. The maximum Gasteiger partial charge on any atom is 0.241 e. The smallest absolute Gasteiger partial charge is 0.241 e. The van der Waals surface area contributed by atoms with Crippen LogP contribution in [-0.4, -0.2) is 26.1 Å². The predicted molar refractivity (Wildman–Crippen MR) is 29.9 cm³/mol. The number of carbonyl (C=O) groups is 1. The molecular formula is C3H6N2O3S. The lowest BCUT2D eigenvalue weighted by Crippen LogP contribution is -2.58. The molecule has 6 heteroatoms. The van der Waals surface area contributed by atoms with Crippen molar-refractivity contribution in [3.05, 3.63) is 0 Å². The quantitative estimate of drug-likeness (QED) is 0.415. The molecule has 1 saturated heterocycles. The van der Waals surface area contributed by atoms with Crippen molar-refractivity contribution in [3.8, 4) is 0 Å². The number of sulfonamides is 1. The van der Waals surface area contributed by atoms with Gasteiger partial charge < -0.3 is 5.32 Å². The minimum atomic E-state index is -3.63. The largest absolute Gasteiger partial charge is 0.353 e. The van der Waals surface area contributed by atoms with Crippen LogP contribution in [0.25, 0.3) is 0 Å². The maximum absolute atomic E-state index is 10.3. The Morgan fingerprint density at radius 2 is 2.22 bits per heavy atom. The van der Waals surface area contributed by atoms with Gasteiger partial charge in [-0.25, -0.2) is 13.6 Å². The van der Waals surface area contributed by atoms with Gasteiger partial charge in [-0.15, -0.1) is 0 Å². The zero-order chi connectivity index (χ0) is 7.07. The van der Waals surface area contributed by atoms with E-state index in [-0.39, 0.29) is 6.54 Å². The Morgan fingerprint density at radius 3 is 2.22 bits per heavy atom. The van der Waals surface area contributed by atoms with Gasteiger partial charge in [0.1, 0.15) is 0 Å². The third kappa shape index (κ3) is 1.03. The minimum Gasteiger partial charge on any atom is -0.353 e. The van der Waals surface area contributed by atoms with Gasteiger partial charge >= 0.3 is 0 Å². The Hall–Kier alpha value is -0.620. The molecule has 1 atom stereocenters. The van der Waals surface area contributed by atoms with Gasteiger partial charge in [-0.3, -0.25) is 4.79 Å². The van der Waals surface area contributed by atoms with Crippen LogP contribution in [0.1, 0.15) is 0 Å². The van der Waals surface area contributed by atoms with Crippen molar-refractivity contribution in [1.29, 1.82) is 0 Å². The van der Waals surface area contributed by atoms with E-state index in [0.717, 1.165) is 0 Å². The van der Waals surface area contributed by atoms with E-state index in [2.05, 4.69) is 10.5 Å². The summed E-state index contributed by atoms with van der Waals surface area (Å²) in [4.78, 5) is 10.3. The molecule has 1 aliphatic rings. The molecular weight excluding hydrogens is 144 g/mol. The number of β-lactam (4-membered cyclic amide) rings is 1. The fourth-order valence-corrected chi connectivity index (χ4v) is 1.23. The lowest BCUT2D eigenvalue weighted by molar-refractivity contribution is -0.124. The molecule has 0 aromatic heterocycles. The van der Waals surface area contributed by atoms with E-state index in [9.17, 15) is 13.2 Å². The molecule has 0 spiro atoms. The van der Waals surface area contributed by atoms with Crippen LogP contribution in [0.15, 0.2) is 0 Å². The molecule has 9 heavy (non-hydrogen) atoms. The Bertz CT molecular complexity index is 231. The van der Waals surface area contributed by atoms with Crippen LogP contribution in [0.4, 0.5) is 0 Å². The molecule has 0 saturated carbocycles. The maximum atomic E-state index is 10.3. The molecule has 1 aliphatic heterocycles. The normalized spacial score (nSPS) is 26.8. The highest BCUT2D eigenvalue weighted by Gasteiger charge is 2.37. The summed E-state index contributed by atoms with van der Waals surface area (Å²) in [6, 6.07) is 0. The summed E-state index contributed by atoms with van der Waals surface area (Å²) in [5.74, 6) is -0.502. The predicted octanol–water partition coefficient (Wildman–Crippen LogP) is -2.23. The highest BCUT2D eigenvalue weighted by atomic mass is 32.2. The highest BCUT2D eigenvalue weighted by Crippen LogP contribution is 2.02.